The summed E-state index contributed by atoms with van der Waals surface area (Å²) in [6, 6.07) is 3.76. The third-order valence-corrected chi connectivity index (χ3v) is 4.68. The fourth-order valence-corrected chi connectivity index (χ4v) is 3.08. The molecule has 133 valence electrons. The van der Waals surface area contributed by atoms with Crippen LogP contribution < -0.4 is 4.74 Å². The molecule has 1 N–H and O–H groups in total. The first-order valence-electron chi connectivity index (χ1n) is 8.15. The number of hydrogen-bond acceptors (Lipinski definition) is 6. The van der Waals surface area contributed by atoms with Crippen LogP contribution >= 0.6 is 11.6 Å². The number of ether oxygens (including phenoxy) is 1. The number of likely N-dealkylation sites (N-methyl/N-ethyl adjacent to an activating group) is 1. The number of hydrogen-bond donors (Lipinski definition) is 1. The Kier molecular flexibility index (Phi) is 8.32. The van der Waals surface area contributed by atoms with Crippen molar-refractivity contribution in [3.05, 3.63) is 29.2 Å². The van der Waals surface area contributed by atoms with Gasteiger partial charge in [-0.05, 0) is 25.6 Å². The van der Waals surface area contributed by atoms with E-state index in [1.807, 2.05) is 19.1 Å². The molecule has 1 saturated heterocycles. The molecule has 0 saturated carbocycles. The van der Waals surface area contributed by atoms with Crippen LogP contribution in [0.5, 0.6) is 5.75 Å². The molecule has 1 fully saturated rings. The van der Waals surface area contributed by atoms with E-state index >= 15 is 0 Å². The van der Waals surface area contributed by atoms with Crippen LogP contribution in [0.2, 0.25) is 5.15 Å². The molecule has 2 aromatic rings. The number of rotatable bonds is 5. The number of aryl methyl sites for hydroxylation is 1. The molecular formula is C17H23AcClN4O2. The van der Waals surface area contributed by atoms with Gasteiger partial charge in [-0.3, -0.25) is 4.90 Å². The average molecular weight is 578 g/mol. The maximum Gasteiger partial charge on any atom is 0.140 e. The van der Waals surface area contributed by atoms with Gasteiger partial charge in [-0.15, -0.1) is 0 Å². The van der Waals surface area contributed by atoms with Crippen molar-refractivity contribution in [2.24, 2.45) is 0 Å². The Morgan fingerprint density at radius 1 is 1.24 bits per heavy atom. The van der Waals surface area contributed by atoms with Crippen LogP contribution in [0.3, 0.4) is 0 Å². The molecular weight excluding hydrogens is 555 g/mol. The van der Waals surface area contributed by atoms with Gasteiger partial charge in [0.05, 0.1) is 5.52 Å². The van der Waals surface area contributed by atoms with Crippen LogP contribution in [-0.4, -0.2) is 77.4 Å². The second-order valence-corrected chi connectivity index (χ2v) is 6.73. The third kappa shape index (κ3) is 5.72. The molecule has 1 radical (unpaired) electrons. The van der Waals surface area contributed by atoms with Crippen LogP contribution in [0.4, 0.5) is 0 Å². The molecule has 8 heteroatoms. The quantitative estimate of drug-likeness (QED) is 0.545. The van der Waals surface area contributed by atoms with Crippen LogP contribution in [0.1, 0.15) is 5.56 Å². The molecule has 0 bridgehead atoms. The smallest absolute Gasteiger partial charge is 0.140 e. The van der Waals surface area contributed by atoms with E-state index in [9.17, 15) is 5.11 Å². The van der Waals surface area contributed by atoms with Gasteiger partial charge >= 0.3 is 0 Å². The topological polar surface area (TPSA) is 61.7 Å². The predicted octanol–water partition coefficient (Wildman–Crippen LogP) is 1.58. The summed E-state index contributed by atoms with van der Waals surface area (Å²) in [5, 5.41) is 11.5. The summed E-state index contributed by atoms with van der Waals surface area (Å²) in [5.41, 5.74) is 1.69. The van der Waals surface area contributed by atoms with Gasteiger partial charge in [-0.25, -0.2) is 9.97 Å². The Morgan fingerprint density at radius 2 is 1.96 bits per heavy atom. The van der Waals surface area contributed by atoms with E-state index in [-0.39, 0.29) is 50.7 Å². The summed E-state index contributed by atoms with van der Waals surface area (Å²) in [6.07, 6.45) is 0.920. The first-order valence-corrected chi connectivity index (χ1v) is 8.53. The minimum Gasteiger partial charge on any atom is -0.490 e. The fourth-order valence-electron chi connectivity index (χ4n) is 2.88. The molecule has 1 unspecified atom stereocenters. The van der Waals surface area contributed by atoms with E-state index < -0.39 is 6.10 Å². The van der Waals surface area contributed by atoms with Crippen molar-refractivity contribution in [1.29, 1.82) is 0 Å². The standard InChI is InChI=1S/C17H23ClN4O2.Ac/c1-12-7-14-15(19-11-20-17(14)18)8-16(12)24-10-13(23)9-22-5-3-21(2)4-6-22;/h7-8,11,13,23H,3-6,9-10H2,1-2H3;. The Bertz CT molecular complexity index is 710. The van der Waals surface area contributed by atoms with Crippen LogP contribution in [0, 0.1) is 51.0 Å². The number of benzene rings is 1. The number of β-amino-alcohol motifs (C(OH)–C–C–N with tert-alkyl or cyclic N) is 1. The van der Waals surface area contributed by atoms with Crippen molar-refractivity contribution in [1.82, 2.24) is 19.8 Å². The first kappa shape index (κ1) is 21.3. The summed E-state index contributed by atoms with van der Waals surface area (Å²) in [5.74, 6) is 0.717. The SMILES string of the molecule is Cc1cc2c(Cl)ncnc2cc1OCC(O)CN1CCN(C)CC1.[Ac]. The maximum absolute atomic E-state index is 10.2. The molecule has 1 aliphatic heterocycles. The minimum atomic E-state index is -0.516. The van der Waals surface area contributed by atoms with Gasteiger partial charge in [-0.1, -0.05) is 11.6 Å². The number of aliphatic hydroxyl groups excluding tert-OH is 1. The second kappa shape index (κ2) is 9.78. The van der Waals surface area contributed by atoms with Gasteiger partial charge in [-0.2, -0.15) is 0 Å². The van der Waals surface area contributed by atoms with Crippen molar-refractivity contribution in [3.8, 4) is 5.75 Å². The van der Waals surface area contributed by atoms with Crippen LogP contribution in [-0.2, 0) is 0 Å². The van der Waals surface area contributed by atoms with Gasteiger partial charge in [0.15, 0.2) is 0 Å². The van der Waals surface area contributed by atoms with Crippen LogP contribution in [0.25, 0.3) is 10.9 Å². The molecule has 3 rings (SSSR count). The van der Waals surface area contributed by atoms with Gasteiger partial charge in [0.1, 0.15) is 29.9 Å². The molecule has 25 heavy (non-hydrogen) atoms. The van der Waals surface area contributed by atoms with Gasteiger partial charge in [0, 0.05) is 88.2 Å². The summed E-state index contributed by atoms with van der Waals surface area (Å²) in [4.78, 5) is 12.8. The van der Waals surface area contributed by atoms with Gasteiger partial charge in [0.25, 0.3) is 0 Å². The van der Waals surface area contributed by atoms with E-state index in [0.29, 0.717) is 11.7 Å². The molecule has 0 amide bonds. The molecule has 1 atom stereocenters. The third-order valence-electron chi connectivity index (χ3n) is 4.38. The Hall–Kier alpha value is -0.0284. The summed E-state index contributed by atoms with van der Waals surface area (Å²) in [7, 11) is 2.12. The van der Waals surface area contributed by atoms with Gasteiger partial charge < -0.3 is 14.7 Å². The van der Waals surface area contributed by atoms with E-state index in [2.05, 4.69) is 26.8 Å². The van der Waals surface area contributed by atoms with E-state index in [1.54, 1.807) is 0 Å². The number of nitrogens with zero attached hydrogens (tertiary/aromatic N) is 4. The van der Waals surface area contributed by atoms with Crippen LogP contribution in [0.15, 0.2) is 18.5 Å². The molecule has 2 heterocycles. The maximum atomic E-state index is 10.2. The van der Waals surface area contributed by atoms with Crippen molar-refractivity contribution < 1.29 is 53.9 Å². The molecule has 1 aromatic heterocycles. The molecule has 0 aliphatic carbocycles. The zero-order chi connectivity index (χ0) is 17.1. The summed E-state index contributed by atoms with van der Waals surface area (Å²) in [6.45, 7) is 6.89. The Labute approximate surface area is 189 Å². The number of piperazine rings is 1. The largest absolute Gasteiger partial charge is 0.490 e. The average Bonchev–Trinajstić information content (AvgIpc) is 2.56. The molecule has 1 aromatic carbocycles. The minimum absolute atomic E-state index is 0. The Balaban J connectivity index is 0.00000225. The number of aromatic nitrogens is 2. The van der Waals surface area contributed by atoms with Crippen molar-refractivity contribution in [2.75, 3.05) is 46.4 Å². The Morgan fingerprint density at radius 3 is 2.68 bits per heavy atom. The van der Waals surface area contributed by atoms with Crippen molar-refractivity contribution in [2.45, 2.75) is 13.0 Å². The second-order valence-electron chi connectivity index (χ2n) is 6.37. The number of halogens is 1. The zero-order valence-corrected chi connectivity index (χ0v) is 20.2. The predicted molar refractivity (Wildman–Crippen MR) is 94.7 cm³/mol. The van der Waals surface area contributed by atoms with Gasteiger partial charge in [0.2, 0.25) is 0 Å². The summed E-state index contributed by atoms with van der Waals surface area (Å²) < 4.78 is 5.82. The fraction of sp³-hybridized carbons (Fsp3) is 0.529. The molecule has 6 nitrogen and oxygen atoms in total. The van der Waals surface area contributed by atoms with E-state index in [0.717, 1.165) is 48.4 Å². The molecule has 0 spiro atoms. The number of aliphatic hydroxyl groups is 1. The first-order chi connectivity index (χ1) is 11.5. The molecule has 1 aliphatic rings. The normalized spacial score (nSPS) is 17.3. The van der Waals surface area contributed by atoms with Crippen molar-refractivity contribution >= 4 is 22.5 Å². The monoisotopic (exact) mass is 577 g/mol. The number of fused-ring (bicyclic) bond motifs is 1. The zero-order valence-electron chi connectivity index (χ0n) is 14.7. The van der Waals surface area contributed by atoms with E-state index in [4.69, 9.17) is 16.3 Å². The summed E-state index contributed by atoms with van der Waals surface area (Å²) >= 11 is 6.09. The van der Waals surface area contributed by atoms with Crippen molar-refractivity contribution in [3.63, 3.8) is 0 Å². The van der Waals surface area contributed by atoms with E-state index in [1.165, 1.54) is 6.33 Å².